The molecule has 2 aliphatic rings. The Hall–Kier alpha value is -2.97. The average Bonchev–Trinajstić information content (AvgIpc) is 2.77. The van der Waals surface area contributed by atoms with E-state index in [1.54, 1.807) is 12.1 Å². The minimum Gasteiger partial charge on any atom is -0.481 e. The number of ether oxygens (including phenoxy) is 1. The summed E-state index contributed by atoms with van der Waals surface area (Å²) in [6.45, 7) is 5.60. The number of hydrogen-bond acceptors (Lipinski definition) is 5. The van der Waals surface area contributed by atoms with Crippen LogP contribution in [-0.2, 0) is 11.2 Å². The number of amides is 1. The number of piperazine rings is 1. The molecule has 174 valence electrons. The lowest BCUT2D eigenvalue weighted by molar-refractivity contribution is -0.118. The molecule has 1 amide bonds. The molecule has 0 atom stereocenters. The van der Waals surface area contributed by atoms with E-state index in [-0.39, 0.29) is 36.6 Å². The van der Waals surface area contributed by atoms with Crippen molar-refractivity contribution in [3.8, 4) is 5.75 Å². The van der Waals surface area contributed by atoms with Gasteiger partial charge in [0, 0.05) is 61.6 Å². The van der Waals surface area contributed by atoms with E-state index in [1.807, 2.05) is 19.1 Å². The third-order valence-electron chi connectivity index (χ3n) is 6.08. The summed E-state index contributed by atoms with van der Waals surface area (Å²) < 4.78 is 33.9. The van der Waals surface area contributed by atoms with Gasteiger partial charge in [0.05, 0.1) is 11.2 Å². The monoisotopic (exact) mass is 474 g/mol. The third kappa shape index (κ3) is 4.86. The van der Waals surface area contributed by atoms with E-state index in [9.17, 15) is 13.6 Å². The van der Waals surface area contributed by atoms with Crippen molar-refractivity contribution >= 4 is 40.6 Å². The van der Waals surface area contributed by atoms with Crippen molar-refractivity contribution in [1.29, 1.82) is 0 Å². The van der Waals surface area contributed by atoms with E-state index in [0.717, 1.165) is 42.9 Å². The summed E-state index contributed by atoms with van der Waals surface area (Å²) in [5.41, 5.74) is 3.46. The fourth-order valence-corrected chi connectivity index (χ4v) is 4.37. The first-order chi connectivity index (χ1) is 15.5. The Morgan fingerprint density at radius 3 is 2.67 bits per heavy atom. The van der Waals surface area contributed by atoms with Gasteiger partial charge in [0.2, 0.25) is 0 Å². The number of hydrogen-bond donors (Lipinski definition) is 1. The maximum absolute atomic E-state index is 14.5. The molecule has 0 saturated carbocycles. The summed E-state index contributed by atoms with van der Waals surface area (Å²) in [6.07, 6.45) is 0.529. The fourth-order valence-electron chi connectivity index (χ4n) is 4.37. The van der Waals surface area contributed by atoms with Gasteiger partial charge in [-0.15, -0.1) is 12.4 Å². The number of anilines is 2. The van der Waals surface area contributed by atoms with Crippen LogP contribution in [0.4, 0.5) is 20.2 Å². The Bertz CT molecular complexity index is 1190. The van der Waals surface area contributed by atoms with Crippen molar-refractivity contribution in [2.24, 2.45) is 0 Å². The first-order valence-corrected chi connectivity index (χ1v) is 10.8. The number of nitrogens with zero attached hydrogens (tertiary/aromatic N) is 3. The molecule has 0 aliphatic carbocycles. The fraction of sp³-hybridized carbons (Fsp3) is 0.333. The summed E-state index contributed by atoms with van der Waals surface area (Å²) in [6, 6.07) is 10.00. The van der Waals surface area contributed by atoms with Gasteiger partial charge in [0.1, 0.15) is 17.4 Å². The zero-order chi connectivity index (χ0) is 22.2. The van der Waals surface area contributed by atoms with Crippen LogP contribution in [0.3, 0.4) is 0 Å². The molecule has 0 radical (unpaired) electrons. The lowest BCUT2D eigenvalue weighted by atomic mass is 10.1. The Morgan fingerprint density at radius 2 is 1.88 bits per heavy atom. The van der Waals surface area contributed by atoms with Crippen molar-refractivity contribution in [3.05, 3.63) is 59.3 Å². The van der Waals surface area contributed by atoms with E-state index in [2.05, 4.69) is 20.1 Å². The average molecular weight is 475 g/mol. The second-order valence-corrected chi connectivity index (χ2v) is 8.30. The van der Waals surface area contributed by atoms with E-state index >= 15 is 0 Å². The molecule has 0 unspecified atom stereocenters. The normalized spacial score (nSPS) is 16.1. The van der Waals surface area contributed by atoms with Crippen LogP contribution in [0, 0.1) is 18.6 Å². The summed E-state index contributed by atoms with van der Waals surface area (Å²) in [7, 11) is 0. The van der Waals surface area contributed by atoms with Crippen molar-refractivity contribution in [3.63, 3.8) is 0 Å². The minimum atomic E-state index is -0.326. The largest absolute Gasteiger partial charge is 0.481 e. The van der Waals surface area contributed by atoms with Crippen LogP contribution in [0.25, 0.3) is 10.9 Å². The van der Waals surface area contributed by atoms with Gasteiger partial charge >= 0.3 is 0 Å². The molecule has 5 rings (SSSR count). The maximum atomic E-state index is 14.5. The van der Waals surface area contributed by atoms with Crippen LogP contribution < -0.4 is 15.0 Å². The standard InChI is InChI=1S/C24H24F2N4O2.ClH/c1-15-2-3-18-20(27-15)11-17(25)12-22(18)30-8-6-29(7-9-30)5-4-16-10-21-23(13-19(16)26)32-14-24(31)28-21;/h2-3,10-13H,4-9,14H2,1H3,(H,28,31);1H. The molecule has 3 aromatic rings. The summed E-state index contributed by atoms with van der Waals surface area (Å²) in [4.78, 5) is 20.4. The number of aromatic nitrogens is 1. The van der Waals surface area contributed by atoms with Crippen molar-refractivity contribution < 1.29 is 18.3 Å². The van der Waals surface area contributed by atoms with Crippen molar-refractivity contribution in [1.82, 2.24) is 9.88 Å². The molecule has 0 spiro atoms. The number of rotatable bonds is 4. The van der Waals surface area contributed by atoms with Gasteiger partial charge in [-0.1, -0.05) is 0 Å². The molecule has 3 heterocycles. The maximum Gasteiger partial charge on any atom is 0.262 e. The molecule has 2 aromatic carbocycles. The highest BCUT2D eigenvalue weighted by Gasteiger charge is 2.22. The number of nitrogens with one attached hydrogen (secondary N) is 1. The molecular weight excluding hydrogens is 450 g/mol. The zero-order valence-electron chi connectivity index (χ0n) is 18.2. The van der Waals surface area contributed by atoms with Gasteiger partial charge in [-0.05, 0) is 43.2 Å². The highest BCUT2D eigenvalue weighted by molar-refractivity contribution is 5.95. The van der Waals surface area contributed by atoms with E-state index in [4.69, 9.17) is 4.74 Å². The number of aryl methyl sites for hydroxylation is 1. The van der Waals surface area contributed by atoms with Crippen LogP contribution in [-0.4, -0.2) is 55.1 Å². The Morgan fingerprint density at radius 1 is 1.09 bits per heavy atom. The van der Waals surface area contributed by atoms with Crippen LogP contribution >= 0.6 is 12.4 Å². The highest BCUT2D eigenvalue weighted by atomic mass is 35.5. The molecule has 1 saturated heterocycles. The van der Waals surface area contributed by atoms with Gasteiger partial charge < -0.3 is 15.0 Å². The molecule has 9 heteroatoms. The first-order valence-electron chi connectivity index (χ1n) is 10.8. The lowest BCUT2D eigenvalue weighted by Gasteiger charge is -2.36. The smallest absolute Gasteiger partial charge is 0.262 e. The molecular formula is C24H25ClF2N4O2. The molecule has 0 bridgehead atoms. The number of carbonyl (C=O) groups excluding carboxylic acids is 1. The number of pyridine rings is 1. The lowest BCUT2D eigenvalue weighted by Crippen LogP contribution is -2.47. The number of halogens is 3. The van der Waals surface area contributed by atoms with Gasteiger partial charge in [-0.25, -0.2) is 8.78 Å². The molecule has 1 fully saturated rings. The number of benzene rings is 2. The number of carbonyl (C=O) groups is 1. The zero-order valence-corrected chi connectivity index (χ0v) is 19.1. The SMILES string of the molecule is Cc1ccc2c(N3CCN(CCc4cc5c(cc4F)OCC(=O)N5)CC3)cc(F)cc2n1.Cl. The molecule has 33 heavy (non-hydrogen) atoms. The van der Waals surface area contributed by atoms with Gasteiger partial charge in [-0.3, -0.25) is 14.7 Å². The second kappa shape index (κ2) is 9.49. The quantitative estimate of drug-likeness (QED) is 0.620. The van der Waals surface area contributed by atoms with E-state index in [0.29, 0.717) is 35.5 Å². The Kier molecular flexibility index (Phi) is 6.67. The van der Waals surface area contributed by atoms with Gasteiger partial charge in [0.25, 0.3) is 5.91 Å². The molecule has 2 aliphatic heterocycles. The summed E-state index contributed by atoms with van der Waals surface area (Å²) >= 11 is 0. The molecule has 1 aromatic heterocycles. The Labute approximate surface area is 196 Å². The predicted octanol–water partition coefficient (Wildman–Crippen LogP) is 3.94. The predicted molar refractivity (Wildman–Crippen MR) is 127 cm³/mol. The van der Waals surface area contributed by atoms with Crippen molar-refractivity contribution in [2.45, 2.75) is 13.3 Å². The van der Waals surface area contributed by atoms with Crippen LogP contribution in [0.2, 0.25) is 0 Å². The third-order valence-corrected chi connectivity index (χ3v) is 6.08. The molecule has 1 N–H and O–H groups in total. The summed E-state index contributed by atoms with van der Waals surface area (Å²) in [5.74, 6) is -0.479. The van der Waals surface area contributed by atoms with Crippen LogP contribution in [0.15, 0.2) is 36.4 Å². The van der Waals surface area contributed by atoms with Crippen LogP contribution in [0.5, 0.6) is 5.75 Å². The second-order valence-electron chi connectivity index (χ2n) is 8.30. The highest BCUT2D eigenvalue weighted by Crippen LogP contribution is 2.31. The minimum absolute atomic E-state index is 0. The van der Waals surface area contributed by atoms with Gasteiger partial charge in [-0.2, -0.15) is 0 Å². The summed E-state index contributed by atoms with van der Waals surface area (Å²) in [5, 5.41) is 3.68. The van der Waals surface area contributed by atoms with Crippen LogP contribution in [0.1, 0.15) is 11.3 Å². The Balaban J connectivity index is 0.00000259. The number of fused-ring (bicyclic) bond motifs is 2. The first kappa shape index (κ1) is 23.2. The van der Waals surface area contributed by atoms with Crippen molar-refractivity contribution in [2.75, 3.05) is 49.5 Å². The molecule has 6 nitrogen and oxygen atoms in total. The van der Waals surface area contributed by atoms with E-state index in [1.165, 1.54) is 12.1 Å². The van der Waals surface area contributed by atoms with E-state index < -0.39 is 0 Å². The topological polar surface area (TPSA) is 57.7 Å². The van der Waals surface area contributed by atoms with Gasteiger partial charge in [0.15, 0.2) is 6.61 Å².